The van der Waals surface area contributed by atoms with E-state index < -0.39 is 5.97 Å². The van der Waals surface area contributed by atoms with Crippen LogP contribution in [-0.2, 0) is 4.79 Å². The zero-order chi connectivity index (χ0) is 17.1. The van der Waals surface area contributed by atoms with Crippen molar-refractivity contribution >= 4 is 16.9 Å². The largest absolute Gasteiger partial charge is 0.481 e. The van der Waals surface area contributed by atoms with Crippen LogP contribution in [0.3, 0.4) is 0 Å². The quantitative estimate of drug-likeness (QED) is 0.793. The summed E-state index contributed by atoms with van der Waals surface area (Å²) in [6.07, 6.45) is 7.63. The van der Waals surface area contributed by atoms with E-state index in [1.54, 1.807) is 24.4 Å². The number of rotatable bonds is 5. The normalized spacial score (nSPS) is 22.2. The molecule has 1 atom stereocenters. The first kappa shape index (κ1) is 16.6. The number of carbonyl (C=O) groups is 1. The number of carboxylic acid groups (broad SMARTS) is 1. The number of aromatic nitrogens is 1. The second-order valence-corrected chi connectivity index (χ2v) is 6.64. The minimum atomic E-state index is -0.727. The van der Waals surface area contributed by atoms with Gasteiger partial charge in [0.2, 0.25) is 0 Å². The lowest BCUT2D eigenvalue weighted by Gasteiger charge is -2.32. The summed E-state index contributed by atoms with van der Waals surface area (Å²) in [6.45, 7) is 3.68. The summed E-state index contributed by atoms with van der Waals surface area (Å²) in [7, 11) is 0. The van der Waals surface area contributed by atoms with Crippen molar-refractivity contribution in [3.8, 4) is 0 Å². The fraction of sp³-hybridized carbons (Fsp3) is 0.400. The summed E-state index contributed by atoms with van der Waals surface area (Å²) in [5, 5.41) is 10.3. The van der Waals surface area contributed by atoms with Gasteiger partial charge in [-0.25, -0.2) is 4.39 Å². The van der Waals surface area contributed by atoms with Gasteiger partial charge in [-0.1, -0.05) is 6.08 Å². The number of aliphatic carboxylic acids is 1. The smallest absolute Gasteiger partial charge is 0.307 e. The zero-order valence-electron chi connectivity index (χ0n) is 13.6. The van der Waals surface area contributed by atoms with E-state index in [2.05, 4.69) is 11.6 Å². The van der Waals surface area contributed by atoms with E-state index >= 15 is 0 Å². The van der Waals surface area contributed by atoms with Gasteiger partial charge in [0, 0.05) is 11.6 Å². The number of benzene rings is 1. The van der Waals surface area contributed by atoms with Crippen molar-refractivity contribution in [2.45, 2.75) is 38.0 Å². The molecule has 3 rings (SSSR count). The third-order valence-corrected chi connectivity index (χ3v) is 5.26. The molecule has 1 aliphatic carbocycles. The molecule has 24 heavy (non-hydrogen) atoms. The molecule has 1 aromatic carbocycles. The molecule has 3 nitrogen and oxygen atoms in total. The summed E-state index contributed by atoms with van der Waals surface area (Å²) in [6, 6.07) is 6.68. The van der Waals surface area contributed by atoms with Crippen LogP contribution in [0.25, 0.3) is 10.9 Å². The van der Waals surface area contributed by atoms with Crippen molar-refractivity contribution in [3.05, 3.63) is 54.5 Å². The molecule has 0 amide bonds. The summed E-state index contributed by atoms with van der Waals surface area (Å²) in [4.78, 5) is 15.8. The Bertz CT molecular complexity index is 750. The molecule has 1 aromatic heterocycles. The van der Waals surface area contributed by atoms with Crippen molar-refractivity contribution in [2.24, 2.45) is 11.8 Å². The van der Waals surface area contributed by atoms with E-state index in [0.717, 1.165) is 42.1 Å². The second kappa shape index (κ2) is 7.12. The standard InChI is InChI=1S/C20H22FNO2/c1-2-3-17(20(23)24)14-6-4-13(5-7-14)16-10-11-22-19-9-8-15(21)12-18(16)19/h2,8-14,17H,1,3-7H2,(H,23,24). The number of hydrogen-bond donors (Lipinski definition) is 1. The maximum atomic E-state index is 13.6. The van der Waals surface area contributed by atoms with Gasteiger partial charge in [0.1, 0.15) is 5.82 Å². The molecule has 1 aliphatic rings. The summed E-state index contributed by atoms with van der Waals surface area (Å²) >= 11 is 0. The van der Waals surface area contributed by atoms with Gasteiger partial charge in [0.15, 0.2) is 0 Å². The molecule has 1 fully saturated rings. The highest BCUT2D eigenvalue weighted by molar-refractivity contribution is 5.82. The van der Waals surface area contributed by atoms with Gasteiger partial charge in [-0.05, 0) is 73.8 Å². The van der Waals surface area contributed by atoms with E-state index in [-0.39, 0.29) is 17.7 Å². The summed E-state index contributed by atoms with van der Waals surface area (Å²) in [5.74, 6) is -0.777. The molecule has 1 N–H and O–H groups in total. The van der Waals surface area contributed by atoms with Crippen LogP contribution in [-0.4, -0.2) is 16.1 Å². The van der Waals surface area contributed by atoms with Crippen LogP contribution in [0.5, 0.6) is 0 Å². The fourth-order valence-electron chi connectivity index (χ4n) is 4.00. The number of nitrogens with zero attached hydrogens (tertiary/aromatic N) is 1. The van der Waals surface area contributed by atoms with Gasteiger partial charge < -0.3 is 5.11 Å². The Morgan fingerprint density at radius 2 is 2.08 bits per heavy atom. The minimum absolute atomic E-state index is 0.196. The molecular formula is C20H22FNO2. The minimum Gasteiger partial charge on any atom is -0.481 e. The van der Waals surface area contributed by atoms with Gasteiger partial charge in [-0.2, -0.15) is 0 Å². The van der Waals surface area contributed by atoms with Crippen LogP contribution < -0.4 is 0 Å². The predicted octanol–water partition coefficient (Wildman–Crippen LogP) is 4.92. The molecule has 0 spiro atoms. The third kappa shape index (κ3) is 3.32. The molecule has 0 radical (unpaired) electrons. The SMILES string of the molecule is C=CCC(C(=O)O)C1CCC(c2ccnc3ccc(F)cc23)CC1. The molecule has 0 bridgehead atoms. The Hall–Kier alpha value is -2.23. The molecule has 1 saturated carbocycles. The topological polar surface area (TPSA) is 50.2 Å². The van der Waals surface area contributed by atoms with E-state index in [1.165, 1.54) is 6.07 Å². The van der Waals surface area contributed by atoms with Gasteiger partial charge in [0.05, 0.1) is 11.4 Å². The summed E-state index contributed by atoms with van der Waals surface area (Å²) in [5.41, 5.74) is 1.94. The van der Waals surface area contributed by atoms with Crippen LogP contribution in [0.2, 0.25) is 0 Å². The highest BCUT2D eigenvalue weighted by Gasteiger charge is 2.32. The van der Waals surface area contributed by atoms with Crippen LogP contribution in [0.4, 0.5) is 4.39 Å². The Labute approximate surface area is 141 Å². The molecule has 4 heteroatoms. The lowest BCUT2D eigenvalue weighted by Crippen LogP contribution is -2.27. The fourth-order valence-corrected chi connectivity index (χ4v) is 4.00. The van der Waals surface area contributed by atoms with E-state index in [0.29, 0.717) is 12.3 Å². The van der Waals surface area contributed by atoms with Crippen molar-refractivity contribution in [1.29, 1.82) is 0 Å². The Morgan fingerprint density at radius 3 is 2.75 bits per heavy atom. The maximum Gasteiger partial charge on any atom is 0.307 e. The van der Waals surface area contributed by atoms with Crippen molar-refractivity contribution in [2.75, 3.05) is 0 Å². The number of pyridine rings is 1. The second-order valence-electron chi connectivity index (χ2n) is 6.64. The molecule has 0 saturated heterocycles. The molecule has 1 heterocycles. The Kier molecular flexibility index (Phi) is 4.93. The highest BCUT2D eigenvalue weighted by atomic mass is 19.1. The average Bonchev–Trinajstić information content (AvgIpc) is 2.59. The zero-order valence-corrected chi connectivity index (χ0v) is 13.6. The summed E-state index contributed by atoms with van der Waals surface area (Å²) < 4.78 is 13.6. The first-order valence-corrected chi connectivity index (χ1v) is 8.48. The number of carboxylic acids is 1. The first-order chi connectivity index (χ1) is 11.6. The monoisotopic (exact) mass is 327 g/mol. The van der Waals surface area contributed by atoms with Gasteiger partial charge >= 0.3 is 5.97 Å². The van der Waals surface area contributed by atoms with E-state index in [4.69, 9.17) is 0 Å². The molecule has 2 aromatic rings. The molecule has 1 unspecified atom stereocenters. The molecule has 0 aliphatic heterocycles. The molecule has 126 valence electrons. The van der Waals surface area contributed by atoms with E-state index in [9.17, 15) is 14.3 Å². The van der Waals surface area contributed by atoms with Gasteiger partial charge in [0.25, 0.3) is 0 Å². The average molecular weight is 327 g/mol. The first-order valence-electron chi connectivity index (χ1n) is 8.48. The van der Waals surface area contributed by atoms with Crippen LogP contribution in [0, 0.1) is 17.7 Å². The van der Waals surface area contributed by atoms with Crippen LogP contribution in [0.15, 0.2) is 43.1 Å². The van der Waals surface area contributed by atoms with Crippen LogP contribution >= 0.6 is 0 Å². The Balaban J connectivity index is 1.79. The van der Waals surface area contributed by atoms with Crippen molar-refractivity contribution in [1.82, 2.24) is 4.98 Å². The maximum absolute atomic E-state index is 13.6. The lowest BCUT2D eigenvalue weighted by molar-refractivity contribution is -0.144. The third-order valence-electron chi connectivity index (χ3n) is 5.26. The predicted molar refractivity (Wildman–Crippen MR) is 92.3 cm³/mol. The van der Waals surface area contributed by atoms with Crippen LogP contribution in [0.1, 0.15) is 43.6 Å². The number of fused-ring (bicyclic) bond motifs is 1. The van der Waals surface area contributed by atoms with Crippen molar-refractivity contribution < 1.29 is 14.3 Å². The Morgan fingerprint density at radius 1 is 1.33 bits per heavy atom. The highest BCUT2D eigenvalue weighted by Crippen LogP contribution is 2.41. The van der Waals surface area contributed by atoms with E-state index in [1.807, 2.05) is 6.07 Å². The number of allylic oxidation sites excluding steroid dienone is 1. The van der Waals surface area contributed by atoms with Gasteiger partial charge in [-0.3, -0.25) is 9.78 Å². The lowest BCUT2D eigenvalue weighted by atomic mass is 9.72. The van der Waals surface area contributed by atoms with Gasteiger partial charge in [-0.15, -0.1) is 6.58 Å². The molecular weight excluding hydrogens is 305 g/mol. The van der Waals surface area contributed by atoms with Crippen molar-refractivity contribution in [3.63, 3.8) is 0 Å². The number of hydrogen-bond acceptors (Lipinski definition) is 2. The number of halogens is 1.